The lowest BCUT2D eigenvalue weighted by atomic mass is 10.1. The topological polar surface area (TPSA) is 327 Å². The standard InChI is InChI=1S/C20H26N12O10P2S2/c21-7-11-5(39-17(7)31-3-25-9-13(31)27-19(23)29-15(9)33)1-37-43(35,45)42-12-6(2-38-44(36,46)41-11)40-18(8(12)22)32-4-26-10-14(32)28-20(24)30-16(10)34/h3-8,11-12,17-18H,1-2,21-22H2,(H,35,45)(H,36,46)(H3,23,27,29,33)(H3,24,28,30,34)/t5-,6-,7?,8?,11+,12+,17-,18-,43?,44?/m1/s1. The number of hydrogen-bond donors (Lipinski definition) is 8. The van der Waals surface area contributed by atoms with Gasteiger partial charge in [0.1, 0.15) is 24.4 Å². The van der Waals surface area contributed by atoms with Crippen LogP contribution >= 0.6 is 13.4 Å². The summed E-state index contributed by atoms with van der Waals surface area (Å²) in [7, 11) is 0. The molecule has 0 aromatic carbocycles. The van der Waals surface area contributed by atoms with Crippen molar-refractivity contribution >= 4 is 71.3 Å². The summed E-state index contributed by atoms with van der Waals surface area (Å²) in [4.78, 5) is 67.9. The fraction of sp³-hybridized carbons (Fsp3) is 0.500. The molecular formula is C20H26N12O10P2S2. The highest BCUT2D eigenvalue weighted by Gasteiger charge is 2.51. The van der Waals surface area contributed by atoms with E-state index in [9.17, 15) is 19.4 Å². The van der Waals surface area contributed by atoms with Crippen LogP contribution in [0.5, 0.6) is 0 Å². The van der Waals surface area contributed by atoms with Crippen molar-refractivity contribution in [3.63, 3.8) is 0 Å². The molecule has 12 N–H and O–H groups in total. The molecule has 4 unspecified atom stereocenters. The monoisotopic (exact) mass is 720 g/mol. The number of nitrogen functional groups attached to an aromatic ring is 2. The first-order chi connectivity index (χ1) is 21.7. The highest BCUT2D eigenvalue weighted by Crippen LogP contribution is 2.53. The minimum absolute atomic E-state index is 0.0288. The maximum absolute atomic E-state index is 12.3. The van der Waals surface area contributed by atoms with E-state index in [1.807, 2.05) is 0 Å². The Bertz CT molecular complexity index is 1910. The van der Waals surface area contributed by atoms with E-state index in [2.05, 4.69) is 29.9 Å². The van der Waals surface area contributed by atoms with Crippen molar-refractivity contribution in [3.8, 4) is 0 Å². The van der Waals surface area contributed by atoms with Crippen molar-refractivity contribution in [2.75, 3.05) is 24.7 Å². The number of hydrogen-bond acceptors (Lipinski definition) is 18. The maximum Gasteiger partial charge on any atom is 0.325 e. The molecule has 3 aliphatic rings. The van der Waals surface area contributed by atoms with Gasteiger partial charge in [0.05, 0.1) is 38.0 Å². The molecule has 4 aromatic heterocycles. The van der Waals surface area contributed by atoms with E-state index in [4.69, 9.17) is 74.1 Å². The van der Waals surface area contributed by atoms with Gasteiger partial charge in [-0.05, 0) is 23.6 Å². The van der Waals surface area contributed by atoms with Crippen LogP contribution in [0.1, 0.15) is 12.5 Å². The Kier molecular flexibility index (Phi) is 7.89. The SMILES string of the molecule is Nc1nc2c(ncn2[C@@H]2O[C@@H]3COP(O)(=S)O[C@@H]4C(N)[C@H](n5cnc6c(=O)[nH]c(N)nc65)O[C@@H]4COP(O)(=S)O[C@@H]3C2N)c(=O)[nH]1. The number of anilines is 2. The van der Waals surface area contributed by atoms with Gasteiger partial charge in [0.2, 0.25) is 11.9 Å². The summed E-state index contributed by atoms with van der Waals surface area (Å²) < 4.78 is 37.9. The molecule has 0 radical (unpaired) electrons. The van der Waals surface area contributed by atoms with E-state index in [1.54, 1.807) is 0 Å². The Hall–Kier alpha value is -2.80. The van der Waals surface area contributed by atoms with Gasteiger partial charge in [0.15, 0.2) is 34.8 Å². The third-order valence-corrected chi connectivity index (χ3v) is 10.7. The number of rotatable bonds is 2. The summed E-state index contributed by atoms with van der Waals surface area (Å²) in [5.41, 5.74) is 23.4. The normalized spacial score (nSPS) is 37.1. The Labute approximate surface area is 265 Å². The van der Waals surface area contributed by atoms with Crippen molar-refractivity contribution in [1.82, 2.24) is 39.0 Å². The molecule has 0 saturated carbocycles. The summed E-state index contributed by atoms with van der Waals surface area (Å²) in [6.45, 7) is -9.08. The number of nitrogens with zero attached hydrogens (tertiary/aromatic N) is 6. The summed E-state index contributed by atoms with van der Waals surface area (Å²) in [6.07, 6.45) is -4.18. The zero-order valence-corrected chi connectivity index (χ0v) is 26.5. The Morgan fingerprint density at radius 3 is 1.57 bits per heavy atom. The quantitative estimate of drug-likeness (QED) is 0.0964. The van der Waals surface area contributed by atoms with Gasteiger partial charge >= 0.3 is 13.4 Å². The lowest BCUT2D eigenvalue weighted by Crippen LogP contribution is -2.43. The van der Waals surface area contributed by atoms with E-state index >= 15 is 0 Å². The number of imidazole rings is 2. The molecule has 26 heteroatoms. The molecule has 4 aromatic rings. The van der Waals surface area contributed by atoms with E-state index < -0.39 is 86.7 Å². The van der Waals surface area contributed by atoms with Gasteiger partial charge in [-0.1, -0.05) is 0 Å². The predicted molar refractivity (Wildman–Crippen MR) is 164 cm³/mol. The Morgan fingerprint density at radius 2 is 1.17 bits per heavy atom. The van der Waals surface area contributed by atoms with Gasteiger partial charge in [-0.25, -0.2) is 9.97 Å². The van der Waals surface area contributed by atoms with Gasteiger partial charge < -0.3 is 60.3 Å². The summed E-state index contributed by atoms with van der Waals surface area (Å²) in [6, 6.07) is -2.14. The maximum atomic E-state index is 12.3. The van der Waals surface area contributed by atoms with Crippen LogP contribution in [0.2, 0.25) is 0 Å². The molecule has 248 valence electrons. The summed E-state index contributed by atoms with van der Waals surface area (Å²) in [5.74, 6) is -0.337. The minimum Gasteiger partial charge on any atom is -0.369 e. The van der Waals surface area contributed by atoms with Crippen LogP contribution in [0.3, 0.4) is 0 Å². The molecule has 0 aliphatic carbocycles. The second-order valence-electron chi connectivity index (χ2n) is 10.5. The Balaban J connectivity index is 1.18. The highest BCUT2D eigenvalue weighted by atomic mass is 32.5. The molecule has 46 heavy (non-hydrogen) atoms. The molecule has 3 fully saturated rings. The van der Waals surface area contributed by atoms with Crippen LogP contribution in [-0.4, -0.2) is 98.5 Å². The number of fused-ring (bicyclic) bond motifs is 4. The average Bonchev–Trinajstić information content (AvgIpc) is 3.72. The molecule has 0 amide bonds. The first kappa shape index (κ1) is 31.8. The van der Waals surface area contributed by atoms with Gasteiger partial charge in [-0.15, -0.1) is 0 Å². The second-order valence-corrected chi connectivity index (χ2v) is 16.1. The highest BCUT2D eigenvalue weighted by molar-refractivity contribution is 8.07. The lowest BCUT2D eigenvalue weighted by Gasteiger charge is -2.30. The first-order valence-electron chi connectivity index (χ1n) is 13.3. The third kappa shape index (κ3) is 5.58. The summed E-state index contributed by atoms with van der Waals surface area (Å²) >= 11 is 10.6. The minimum atomic E-state index is -4.09. The average molecular weight is 721 g/mol. The van der Waals surface area contributed by atoms with Gasteiger partial charge in [0, 0.05) is 0 Å². The van der Waals surface area contributed by atoms with Crippen LogP contribution in [0, 0.1) is 0 Å². The predicted octanol–water partition coefficient (Wildman–Crippen LogP) is -2.88. The van der Waals surface area contributed by atoms with E-state index in [0.717, 1.165) is 0 Å². The van der Waals surface area contributed by atoms with Crippen LogP contribution in [-0.2, 0) is 51.2 Å². The van der Waals surface area contributed by atoms with Crippen molar-refractivity contribution in [1.29, 1.82) is 0 Å². The molecule has 0 spiro atoms. The molecule has 7 heterocycles. The second kappa shape index (κ2) is 11.4. The number of aromatic nitrogens is 8. The van der Waals surface area contributed by atoms with Crippen LogP contribution in [0.25, 0.3) is 22.3 Å². The zero-order chi connectivity index (χ0) is 32.7. The van der Waals surface area contributed by atoms with Crippen LogP contribution < -0.4 is 34.1 Å². The fourth-order valence-electron chi connectivity index (χ4n) is 5.52. The van der Waals surface area contributed by atoms with Gasteiger partial charge in [-0.3, -0.25) is 28.7 Å². The summed E-state index contributed by atoms with van der Waals surface area (Å²) in [5, 5.41) is 0. The Morgan fingerprint density at radius 1 is 0.783 bits per heavy atom. The van der Waals surface area contributed by atoms with Crippen LogP contribution in [0.15, 0.2) is 22.2 Å². The molecule has 3 aliphatic heterocycles. The zero-order valence-electron chi connectivity index (χ0n) is 23.1. The lowest BCUT2D eigenvalue weighted by molar-refractivity contribution is -0.0579. The smallest absolute Gasteiger partial charge is 0.325 e. The van der Waals surface area contributed by atoms with Gasteiger partial charge in [-0.2, -0.15) is 9.97 Å². The van der Waals surface area contributed by atoms with Crippen molar-refractivity contribution in [2.45, 2.75) is 49.0 Å². The number of H-pyrrole nitrogens is 2. The van der Waals surface area contributed by atoms with Gasteiger partial charge in [0.25, 0.3) is 11.1 Å². The van der Waals surface area contributed by atoms with Crippen molar-refractivity contribution < 1.29 is 37.4 Å². The van der Waals surface area contributed by atoms with E-state index in [-0.39, 0.29) is 34.2 Å². The number of nitrogens with two attached hydrogens (primary N) is 4. The van der Waals surface area contributed by atoms with E-state index in [1.165, 1.54) is 21.8 Å². The third-order valence-electron chi connectivity index (χ3n) is 7.54. The molecule has 0 bridgehead atoms. The fourth-order valence-corrected chi connectivity index (χ4v) is 8.45. The largest absolute Gasteiger partial charge is 0.369 e. The molecule has 7 rings (SSSR count). The molecule has 22 nitrogen and oxygen atoms in total. The number of aromatic amines is 2. The molecule has 3 saturated heterocycles. The van der Waals surface area contributed by atoms with Crippen LogP contribution in [0.4, 0.5) is 11.9 Å². The van der Waals surface area contributed by atoms with Crippen molar-refractivity contribution in [3.05, 3.63) is 33.4 Å². The molecule has 10 atom stereocenters. The van der Waals surface area contributed by atoms with Crippen molar-refractivity contribution in [2.24, 2.45) is 11.5 Å². The molecular weight excluding hydrogens is 694 g/mol. The number of ether oxygens (including phenoxy) is 2. The first-order valence-corrected chi connectivity index (χ1v) is 18.5. The number of nitrogens with one attached hydrogen (secondary N) is 2. The van der Waals surface area contributed by atoms with E-state index in [0.29, 0.717) is 0 Å².